The number of rotatable bonds is 6. The van der Waals surface area contributed by atoms with E-state index in [4.69, 9.17) is 4.42 Å². The highest BCUT2D eigenvalue weighted by molar-refractivity contribution is 8.00. The van der Waals surface area contributed by atoms with E-state index in [9.17, 15) is 14.0 Å². The molecule has 2 aromatic carbocycles. The fraction of sp³-hybridized carbons (Fsp3) is 0.263. The lowest BCUT2D eigenvalue weighted by Crippen LogP contribution is -2.24. The van der Waals surface area contributed by atoms with Crippen LogP contribution in [-0.2, 0) is 11.3 Å². The highest BCUT2D eigenvalue weighted by atomic mass is 32.2. The summed E-state index contributed by atoms with van der Waals surface area (Å²) in [6.07, 6.45) is 0. The second-order valence-electron chi connectivity index (χ2n) is 5.95. The molecule has 3 rings (SSSR count). The van der Waals surface area contributed by atoms with E-state index in [0.717, 1.165) is 5.52 Å². The molecule has 136 valence electrons. The Kier molecular flexibility index (Phi) is 5.46. The number of carbonyl (C=O) groups is 1. The molecule has 5 nitrogen and oxygen atoms in total. The number of hydrogen-bond acceptors (Lipinski definition) is 4. The summed E-state index contributed by atoms with van der Waals surface area (Å²) in [6.45, 7) is 3.89. The minimum atomic E-state index is -0.404. The van der Waals surface area contributed by atoms with Crippen molar-refractivity contribution in [2.45, 2.75) is 25.6 Å². The molecule has 7 heteroatoms. The van der Waals surface area contributed by atoms with E-state index >= 15 is 0 Å². The van der Waals surface area contributed by atoms with Gasteiger partial charge >= 0.3 is 5.76 Å². The fourth-order valence-electron chi connectivity index (χ4n) is 2.54. The van der Waals surface area contributed by atoms with Gasteiger partial charge in [0.15, 0.2) is 5.58 Å². The van der Waals surface area contributed by atoms with Crippen molar-refractivity contribution in [1.29, 1.82) is 0 Å². The number of carbonyl (C=O) groups excluding carboxylic acids is 1. The Labute approximate surface area is 154 Å². The highest BCUT2D eigenvalue weighted by Crippen LogP contribution is 2.18. The van der Waals surface area contributed by atoms with Crippen LogP contribution in [0.1, 0.15) is 12.5 Å². The van der Waals surface area contributed by atoms with E-state index in [1.165, 1.54) is 17.8 Å². The summed E-state index contributed by atoms with van der Waals surface area (Å²) in [5.41, 5.74) is 2.26. The maximum Gasteiger partial charge on any atom is 0.419 e. The number of anilines is 1. The molecule has 0 fully saturated rings. The van der Waals surface area contributed by atoms with Crippen LogP contribution in [0.25, 0.3) is 11.1 Å². The minimum Gasteiger partial charge on any atom is -0.408 e. The molecule has 3 aromatic rings. The quantitative estimate of drug-likeness (QED) is 0.713. The number of para-hydroxylation sites is 2. The number of benzene rings is 2. The Morgan fingerprint density at radius 1 is 1.31 bits per heavy atom. The molecule has 0 aliphatic rings. The average Bonchev–Trinajstić information content (AvgIpc) is 2.93. The largest absolute Gasteiger partial charge is 0.419 e. The van der Waals surface area contributed by atoms with Gasteiger partial charge in [-0.3, -0.25) is 9.36 Å². The summed E-state index contributed by atoms with van der Waals surface area (Å²) < 4.78 is 20.3. The lowest BCUT2D eigenvalue weighted by atomic mass is 10.2. The maximum atomic E-state index is 13.6. The third kappa shape index (κ3) is 3.99. The van der Waals surface area contributed by atoms with E-state index in [1.54, 1.807) is 36.6 Å². The Balaban J connectivity index is 1.57. The maximum absolute atomic E-state index is 13.6. The average molecular weight is 374 g/mol. The van der Waals surface area contributed by atoms with E-state index in [0.29, 0.717) is 29.1 Å². The van der Waals surface area contributed by atoms with Gasteiger partial charge in [0.05, 0.1) is 10.8 Å². The SMILES string of the molecule is Cc1ccc(NC(=O)[C@@H](C)SCCn2c(=O)oc3ccccc32)cc1F. The Bertz CT molecular complexity index is 996. The summed E-state index contributed by atoms with van der Waals surface area (Å²) in [5.74, 6) is -0.392. The first-order chi connectivity index (χ1) is 12.5. The molecule has 0 bridgehead atoms. The molecule has 0 aliphatic heterocycles. The Morgan fingerprint density at radius 3 is 2.85 bits per heavy atom. The molecule has 0 saturated heterocycles. The smallest absolute Gasteiger partial charge is 0.408 e. The number of thioether (sulfide) groups is 1. The first kappa shape index (κ1) is 18.3. The summed E-state index contributed by atoms with van der Waals surface area (Å²) in [5, 5.41) is 2.37. The lowest BCUT2D eigenvalue weighted by Gasteiger charge is -2.12. The number of hydrogen-bond donors (Lipinski definition) is 1. The van der Waals surface area contributed by atoms with Gasteiger partial charge in [-0.05, 0) is 43.7 Å². The van der Waals surface area contributed by atoms with Gasteiger partial charge in [-0.25, -0.2) is 9.18 Å². The number of aryl methyl sites for hydroxylation is 2. The molecular weight excluding hydrogens is 355 g/mol. The molecular formula is C19H19FN2O3S. The summed E-state index contributed by atoms with van der Waals surface area (Å²) in [7, 11) is 0. The van der Waals surface area contributed by atoms with Crippen molar-refractivity contribution in [3.05, 3.63) is 64.4 Å². The first-order valence-corrected chi connectivity index (χ1v) is 9.27. The van der Waals surface area contributed by atoms with Crippen LogP contribution >= 0.6 is 11.8 Å². The van der Waals surface area contributed by atoms with Crippen LogP contribution < -0.4 is 11.1 Å². The van der Waals surface area contributed by atoms with Gasteiger partial charge in [-0.1, -0.05) is 18.2 Å². The van der Waals surface area contributed by atoms with Gasteiger partial charge in [0.1, 0.15) is 5.82 Å². The molecule has 1 N–H and O–H groups in total. The number of oxazole rings is 1. The van der Waals surface area contributed by atoms with Crippen molar-refractivity contribution in [3.8, 4) is 0 Å². The zero-order valence-electron chi connectivity index (χ0n) is 14.5. The Hall–Kier alpha value is -2.54. The van der Waals surface area contributed by atoms with Crippen LogP contribution in [-0.4, -0.2) is 21.5 Å². The minimum absolute atomic E-state index is 0.206. The van der Waals surface area contributed by atoms with Gasteiger partial charge in [0, 0.05) is 18.0 Å². The predicted molar refractivity (Wildman–Crippen MR) is 102 cm³/mol. The van der Waals surface area contributed by atoms with Crippen LogP contribution in [0.2, 0.25) is 0 Å². The second kappa shape index (κ2) is 7.78. The highest BCUT2D eigenvalue weighted by Gasteiger charge is 2.15. The topological polar surface area (TPSA) is 64.2 Å². The van der Waals surface area contributed by atoms with Crippen molar-refractivity contribution in [2.75, 3.05) is 11.1 Å². The third-order valence-corrected chi connectivity index (χ3v) is 5.20. The van der Waals surface area contributed by atoms with E-state index in [2.05, 4.69) is 5.32 Å². The molecule has 1 heterocycles. The number of halogens is 1. The normalized spacial score (nSPS) is 12.3. The Morgan fingerprint density at radius 2 is 2.08 bits per heavy atom. The van der Waals surface area contributed by atoms with Gasteiger partial charge < -0.3 is 9.73 Å². The summed E-state index contributed by atoms with van der Waals surface area (Å²) >= 11 is 1.42. The predicted octanol–water partition coefficient (Wildman–Crippen LogP) is 3.80. The molecule has 0 radical (unpaired) electrons. The van der Waals surface area contributed by atoms with Gasteiger partial charge in [0.2, 0.25) is 5.91 Å². The standard InChI is InChI=1S/C19H19FN2O3S/c1-12-7-8-14(11-15(12)20)21-18(23)13(2)26-10-9-22-16-5-3-4-6-17(16)25-19(22)24/h3-8,11,13H,9-10H2,1-2H3,(H,21,23)/t13-/m1/s1. The lowest BCUT2D eigenvalue weighted by molar-refractivity contribution is -0.115. The van der Waals surface area contributed by atoms with Crippen molar-refractivity contribution < 1.29 is 13.6 Å². The van der Waals surface area contributed by atoms with Crippen LogP contribution in [0.15, 0.2) is 51.7 Å². The molecule has 0 aliphatic carbocycles. The first-order valence-electron chi connectivity index (χ1n) is 8.22. The van der Waals surface area contributed by atoms with Crippen LogP contribution in [0.3, 0.4) is 0 Å². The van der Waals surface area contributed by atoms with Gasteiger partial charge in [-0.2, -0.15) is 0 Å². The zero-order valence-corrected chi connectivity index (χ0v) is 15.3. The van der Waals surface area contributed by atoms with Crippen LogP contribution in [0, 0.1) is 12.7 Å². The summed E-state index contributed by atoms with van der Waals surface area (Å²) in [4.78, 5) is 24.2. The monoisotopic (exact) mass is 374 g/mol. The molecule has 0 saturated carbocycles. The van der Waals surface area contributed by atoms with E-state index < -0.39 is 5.76 Å². The third-order valence-electron chi connectivity index (χ3n) is 4.07. The zero-order chi connectivity index (χ0) is 18.7. The van der Waals surface area contributed by atoms with Crippen LogP contribution in [0.5, 0.6) is 0 Å². The molecule has 0 unspecified atom stereocenters. The fourth-order valence-corrected chi connectivity index (χ4v) is 3.39. The van der Waals surface area contributed by atoms with Crippen molar-refractivity contribution >= 4 is 34.5 Å². The number of fused-ring (bicyclic) bond motifs is 1. The van der Waals surface area contributed by atoms with Gasteiger partial charge in [-0.15, -0.1) is 11.8 Å². The van der Waals surface area contributed by atoms with E-state index in [-0.39, 0.29) is 17.0 Å². The van der Waals surface area contributed by atoms with Crippen molar-refractivity contribution in [2.24, 2.45) is 0 Å². The molecule has 0 spiro atoms. The van der Waals surface area contributed by atoms with Crippen LogP contribution in [0.4, 0.5) is 10.1 Å². The number of aromatic nitrogens is 1. The molecule has 1 aromatic heterocycles. The summed E-state index contributed by atoms with van der Waals surface area (Å²) in [6, 6.07) is 11.8. The second-order valence-corrected chi connectivity index (χ2v) is 7.40. The number of amides is 1. The van der Waals surface area contributed by atoms with Crippen molar-refractivity contribution in [1.82, 2.24) is 4.57 Å². The molecule has 1 amide bonds. The van der Waals surface area contributed by atoms with E-state index in [1.807, 2.05) is 18.2 Å². The number of nitrogens with zero attached hydrogens (tertiary/aromatic N) is 1. The molecule has 26 heavy (non-hydrogen) atoms. The van der Waals surface area contributed by atoms with Crippen molar-refractivity contribution in [3.63, 3.8) is 0 Å². The number of nitrogens with one attached hydrogen (secondary N) is 1. The van der Waals surface area contributed by atoms with Gasteiger partial charge in [0.25, 0.3) is 0 Å². The molecule has 1 atom stereocenters.